The number of hydrazine groups is 2. The van der Waals surface area contributed by atoms with Crippen LogP contribution >= 0.6 is 0 Å². The third-order valence-electron chi connectivity index (χ3n) is 8.47. The van der Waals surface area contributed by atoms with Gasteiger partial charge in [0.1, 0.15) is 11.2 Å². The van der Waals surface area contributed by atoms with E-state index in [4.69, 9.17) is 4.74 Å². The number of aromatic nitrogens is 1. The van der Waals surface area contributed by atoms with Gasteiger partial charge in [-0.2, -0.15) is 5.53 Å². The molecule has 188 valence electrons. The van der Waals surface area contributed by atoms with Crippen LogP contribution in [-0.4, -0.2) is 40.2 Å². The molecule has 5 aliphatic rings. The van der Waals surface area contributed by atoms with E-state index in [0.29, 0.717) is 28.9 Å². The van der Waals surface area contributed by atoms with Gasteiger partial charge in [-0.3, -0.25) is 9.59 Å². The minimum absolute atomic E-state index is 0.0942. The first-order chi connectivity index (χ1) is 17.2. The topological polar surface area (TPSA) is 129 Å². The minimum Gasteiger partial charge on any atom is -0.378 e. The number of benzene rings is 1. The van der Waals surface area contributed by atoms with Crippen molar-refractivity contribution in [3.8, 4) is 0 Å². The van der Waals surface area contributed by atoms with Gasteiger partial charge in [0.15, 0.2) is 17.7 Å². The zero-order valence-electron chi connectivity index (χ0n) is 19.3. The predicted molar refractivity (Wildman–Crippen MR) is 121 cm³/mol. The smallest absolute Gasteiger partial charge is 0.272 e. The lowest BCUT2D eigenvalue weighted by Crippen LogP contribution is -2.66. The Bertz CT molecular complexity index is 1390. The van der Waals surface area contributed by atoms with Crippen LogP contribution in [0.2, 0.25) is 0 Å². The van der Waals surface area contributed by atoms with Crippen molar-refractivity contribution < 1.29 is 28.2 Å². The quantitative estimate of drug-likeness (QED) is 0.347. The van der Waals surface area contributed by atoms with E-state index in [0.717, 1.165) is 30.7 Å². The van der Waals surface area contributed by atoms with E-state index >= 15 is 0 Å². The third-order valence-corrected chi connectivity index (χ3v) is 8.47. The Morgan fingerprint density at radius 2 is 2.00 bits per heavy atom. The Kier molecular flexibility index (Phi) is 4.14. The number of aliphatic hydroxyl groups excluding tert-OH is 1. The summed E-state index contributed by atoms with van der Waals surface area (Å²) < 4.78 is 34.4. The molecule has 6 N–H and O–H groups in total. The number of ether oxygens (including phenoxy) is 1. The molecule has 0 bridgehead atoms. The van der Waals surface area contributed by atoms with Crippen LogP contribution in [0.5, 0.6) is 0 Å². The van der Waals surface area contributed by atoms with E-state index in [9.17, 15) is 23.5 Å². The van der Waals surface area contributed by atoms with Crippen molar-refractivity contribution in [2.45, 2.75) is 43.4 Å². The zero-order chi connectivity index (χ0) is 25.0. The Morgan fingerprint density at radius 3 is 2.64 bits per heavy atom. The summed E-state index contributed by atoms with van der Waals surface area (Å²) in [6.07, 6.45) is 2.77. The van der Waals surface area contributed by atoms with Crippen LogP contribution in [0.15, 0.2) is 30.1 Å². The maximum atomic E-state index is 13.7. The van der Waals surface area contributed by atoms with Crippen molar-refractivity contribution in [1.29, 1.82) is 0 Å². The van der Waals surface area contributed by atoms with Gasteiger partial charge in [0.2, 0.25) is 0 Å². The van der Waals surface area contributed by atoms with E-state index in [1.807, 2.05) is 4.57 Å². The summed E-state index contributed by atoms with van der Waals surface area (Å²) in [6.45, 7) is 2.20. The minimum atomic E-state index is -1.50. The molecule has 2 aromatic rings. The lowest BCUT2D eigenvalue weighted by Gasteiger charge is -2.42. The van der Waals surface area contributed by atoms with E-state index in [1.165, 1.54) is 6.07 Å². The van der Waals surface area contributed by atoms with E-state index in [2.05, 4.69) is 27.0 Å². The molecule has 1 aromatic heterocycles. The molecule has 2 saturated carbocycles. The van der Waals surface area contributed by atoms with Crippen molar-refractivity contribution in [3.05, 3.63) is 64.2 Å². The summed E-state index contributed by atoms with van der Waals surface area (Å²) >= 11 is 0. The second-order valence-electron chi connectivity index (χ2n) is 10.5. The van der Waals surface area contributed by atoms with Gasteiger partial charge >= 0.3 is 0 Å². The molecule has 4 heterocycles. The Morgan fingerprint density at radius 1 is 1.22 bits per heavy atom. The summed E-state index contributed by atoms with van der Waals surface area (Å²) in [4.78, 5) is 26.7. The fourth-order valence-corrected chi connectivity index (χ4v) is 6.34. The normalized spacial score (nSPS) is 28.4. The number of rotatable bonds is 6. The van der Waals surface area contributed by atoms with Gasteiger partial charge in [-0.1, -0.05) is 0 Å². The first kappa shape index (κ1) is 21.8. The zero-order valence-corrected chi connectivity index (χ0v) is 19.3. The molecule has 0 radical (unpaired) electrons. The van der Waals surface area contributed by atoms with Gasteiger partial charge < -0.3 is 35.9 Å². The van der Waals surface area contributed by atoms with Gasteiger partial charge in [0.05, 0.1) is 24.4 Å². The molecule has 1 aromatic carbocycles. The number of nitrogens with zero attached hydrogens (tertiary/aromatic N) is 1. The Labute approximate surface area is 204 Å². The number of hydrogen-bond donors (Lipinski definition) is 6. The van der Waals surface area contributed by atoms with Gasteiger partial charge in [0.25, 0.3) is 11.8 Å². The van der Waals surface area contributed by atoms with E-state index in [-0.39, 0.29) is 29.9 Å². The molecule has 2 amide bonds. The number of carbonyl (C=O) groups is 2. The molecule has 3 aliphatic heterocycles. The summed E-state index contributed by atoms with van der Waals surface area (Å²) in [5.41, 5.74) is 10.4. The summed E-state index contributed by atoms with van der Waals surface area (Å²) in [5.74, 6) is -3.16. The molecule has 1 unspecified atom stereocenters. The molecular weight excluding hydrogens is 474 g/mol. The van der Waals surface area contributed by atoms with Crippen molar-refractivity contribution in [2.75, 3.05) is 18.5 Å². The van der Waals surface area contributed by atoms with Crippen LogP contribution in [0.25, 0.3) is 0 Å². The number of aliphatic hydroxyl groups is 1. The Hall–Kier alpha value is -3.48. The molecule has 1 atom stereocenters. The lowest BCUT2D eigenvalue weighted by atomic mass is 9.92. The highest BCUT2D eigenvalue weighted by Gasteiger charge is 2.88. The van der Waals surface area contributed by atoms with Crippen LogP contribution in [0, 0.1) is 24.0 Å². The first-order valence-corrected chi connectivity index (χ1v) is 11.8. The SMILES string of the molecule is Cc1c(C(O)C(=O)NC2(C3=CNNN3)COC2)c2n(c1C(=O)Nc1ccc(F)c(F)c1)C13CC1(C2)C3. The summed E-state index contributed by atoms with van der Waals surface area (Å²) in [5, 5.41) is 16.8. The molecule has 12 heteroatoms. The summed E-state index contributed by atoms with van der Waals surface area (Å²) in [7, 11) is 0. The van der Waals surface area contributed by atoms with Crippen molar-refractivity contribution >= 4 is 17.5 Å². The summed E-state index contributed by atoms with van der Waals surface area (Å²) in [6, 6.07) is 3.16. The van der Waals surface area contributed by atoms with Crippen molar-refractivity contribution in [3.63, 3.8) is 0 Å². The van der Waals surface area contributed by atoms with Crippen LogP contribution in [0.3, 0.4) is 0 Å². The number of hydrogen-bond acceptors (Lipinski definition) is 7. The molecule has 10 nitrogen and oxygen atoms in total. The van der Waals surface area contributed by atoms with Crippen molar-refractivity contribution in [2.24, 2.45) is 5.41 Å². The maximum Gasteiger partial charge on any atom is 0.272 e. The monoisotopic (exact) mass is 498 g/mol. The average molecular weight is 498 g/mol. The number of halogens is 2. The van der Waals surface area contributed by atoms with Crippen LogP contribution in [0.1, 0.15) is 46.3 Å². The average Bonchev–Trinajstić information content (AvgIpc) is 3.29. The highest BCUT2D eigenvalue weighted by molar-refractivity contribution is 6.05. The highest BCUT2D eigenvalue weighted by Crippen LogP contribution is 2.88. The van der Waals surface area contributed by atoms with Crippen molar-refractivity contribution in [1.82, 2.24) is 26.3 Å². The van der Waals surface area contributed by atoms with Gasteiger partial charge in [-0.25, -0.2) is 8.78 Å². The number of carbonyl (C=O) groups excluding carboxylic acids is 2. The number of amides is 2. The Balaban J connectivity index is 1.22. The second kappa shape index (κ2) is 6.84. The van der Waals surface area contributed by atoms with Crippen LogP contribution in [-0.2, 0) is 21.5 Å². The van der Waals surface area contributed by atoms with Gasteiger partial charge in [0, 0.05) is 34.6 Å². The van der Waals surface area contributed by atoms with Crippen LogP contribution in [0.4, 0.5) is 14.5 Å². The van der Waals surface area contributed by atoms with Gasteiger partial charge in [-0.05, 0) is 43.9 Å². The fraction of sp³-hybridized carbons (Fsp3) is 0.417. The highest BCUT2D eigenvalue weighted by atomic mass is 19.2. The predicted octanol–water partition coefficient (Wildman–Crippen LogP) is 0.745. The van der Waals surface area contributed by atoms with Crippen LogP contribution < -0.4 is 27.0 Å². The molecule has 3 fully saturated rings. The fourth-order valence-electron chi connectivity index (χ4n) is 6.34. The maximum absolute atomic E-state index is 13.7. The molecular formula is C24H24F2N6O4. The van der Waals surface area contributed by atoms with E-state index < -0.39 is 35.1 Å². The van der Waals surface area contributed by atoms with E-state index in [1.54, 1.807) is 13.1 Å². The molecule has 36 heavy (non-hydrogen) atoms. The molecule has 1 saturated heterocycles. The van der Waals surface area contributed by atoms with Gasteiger partial charge in [-0.15, -0.1) is 0 Å². The first-order valence-electron chi connectivity index (χ1n) is 11.8. The number of anilines is 1. The standard InChI is InChI=1S/C24H24F2N6O4/c1-11-17(19(33)21(35)29-23(9-36-10-23)16-6-27-31-30-16)15-5-22-7-24(22,8-22)32(15)18(11)20(34)28-12-2-3-13(25)14(26)4-12/h2-4,6,19,27,30-31,33H,5,7-10H2,1H3,(H,28,34)(H,29,35). The second-order valence-corrected chi connectivity index (χ2v) is 10.5. The lowest BCUT2D eigenvalue weighted by molar-refractivity contribution is -0.138. The molecule has 0 spiro atoms. The molecule has 2 aliphatic carbocycles. The number of nitrogens with one attached hydrogen (secondary N) is 5. The number of fused-ring (bicyclic) bond motifs is 1. The largest absolute Gasteiger partial charge is 0.378 e. The third kappa shape index (κ3) is 2.69. The molecule has 7 rings (SSSR count).